The Kier molecular flexibility index (Phi) is 3.48. The Bertz CT molecular complexity index is 548. The first-order chi connectivity index (χ1) is 9.46. The molecule has 2 heterocycles. The molecule has 1 aliphatic rings. The molecular formula is C13H23N5O3. The summed E-state index contributed by atoms with van der Waals surface area (Å²) in [6, 6.07) is 0. The van der Waals surface area contributed by atoms with Crippen LogP contribution >= 0.6 is 0 Å². The number of tetrazole rings is 1. The van der Waals surface area contributed by atoms with Gasteiger partial charge in [-0.05, 0) is 46.8 Å². The number of aromatic nitrogens is 4. The highest BCUT2D eigenvalue weighted by Gasteiger charge is 2.56. The monoisotopic (exact) mass is 297 g/mol. The normalized spacial score (nSPS) is 25.2. The van der Waals surface area contributed by atoms with Crippen molar-refractivity contribution in [3.05, 3.63) is 5.82 Å². The minimum Gasteiger partial charge on any atom is -0.444 e. The summed E-state index contributed by atoms with van der Waals surface area (Å²) in [6.07, 6.45) is -0.458. The molecule has 8 heteroatoms. The second-order valence-corrected chi connectivity index (χ2v) is 6.93. The van der Waals surface area contributed by atoms with Crippen LogP contribution in [0.15, 0.2) is 0 Å². The van der Waals surface area contributed by atoms with Crippen LogP contribution in [0.25, 0.3) is 0 Å². The van der Waals surface area contributed by atoms with Crippen molar-refractivity contribution in [1.82, 2.24) is 25.1 Å². The molecule has 0 saturated carbocycles. The SMILES string of the molecule is Cn1nnc(C2(C)COC(C)(C)N2C(=O)OC(C)(C)C)n1. The molecule has 1 aromatic rings. The zero-order valence-electron chi connectivity index (χ0n) is 13.7. The molecule has 1 fully saturated rings. The number of hydrogen-bond acceptors (Lipinski definition) is 6. The molecule has 1 unspecified atom stereocenters. The molecule has 0 N–H and O–H groups in total. The number of rotatable bonds is 1. The van der Waals surface area contributed by atoms with Gasteiger partial charge in [0.1, 0.15) is 16.9 Å². The van der Waals surface area contributed by atoms with Crippen molar-refractivity contribution in [2.24, 2.45) is 7.05 Å². The highest BCUT2D eigenvalue weighted by atomic mass is 16.6. The van der Waals surface area contributed by atoms with Crippen molar-refractivity contribution in [3.8, 4) is 0 Å². The summed E-state index contributed by atoms with van der Waals surface area (Å²) in [5.74, 6) is 0.432. The van der Waals surface area contributed by atoms with E-state index in [9.17, 15) is 4.79 Å². The van der Waals surface area contributed by atoms with Gasteiger partial charge >= 0.3 is 6.09 Å². The number of carbonyl (C=O) groups excluding carboxylic acids is 1. The standard InChI is InChI=1S/C13H23N5O3/c1-11(2,3)21-10(19)18-12(4,5)20-8-13(18,6)9-14-16-17(7)15-9/h8H2,1-7H3. The molecule has 0 spiro atoms. The Morgan fingerprint density at radius 3 is 2.43 bits per heavy atom. The zero-order chi connectivity index (χ0) is 16.1. The molecule has 0 bridgehead atoms. The zero-order valence-corrected chi connectivity index (χ0v) is 13.7. The van der Waals surface area contributed by atoms with Gasteiger partial charge in [-0.1, -0.05) is 0 Å². The molecule has 21 heavy (non-hydrogen) atoms. The second-order valence-electron chi connectivity index (χ2n) is 6.93. The van der Waals surface area contributed by atoms with Crippen LogP contribution in [-0.2, 0) is 22.1 Å². The molecule has 118 valence electrons. The maximum Gasteiger partial charge on any atom is 0.413 e. The third-order valence-corrected chi connectivity index (χ3v) is 3.30. The summed E-state index contributed by atoms with van der Waals surface area (Å²) < 4.78 is 11.3. The van der Waals surface area contributed by atoms with Crippen LogP contribution < -0.4 is 0 Å². The van der Waals surface area contributed by atoms with E-state index in [1.807, 2.05) is 41.5 Å². The van der Waals surface area contributed by atoms with E-state index in [0.29, 0.717) is 5.82 Å². The Morgan fingerprint density at radius 2 is 1.95 bits per heavy atom. The van der Waals surface area contributed by atoms with E-state index in [4.69, 9.17) is 9.47 Å². The molecule has 1 amide bonds. The van der Waals surface area contributed by atoms with E-state index >= 15 is 0 Å². The van der Waals surface area contributed by atoms with Crippen LogP contribution in [0.4, 0.5) is 4.79 Å². The molecule has 0 aromatic carbocycles. The van der Waals surface area contributed by atoms with Gasteiger partial charge in [0.15, 0.2) is 0 Å². The quantitative estimate of drug-likeness (QED) is 0.780. The third kappa shape index (κ3) is 2.85. The van der Waals surface area contributed by atoms with E-state index < -0.39 is 23.0 Å². The third-order valence-electron chi connectivity index (χ3n) is 3.30. The molecule has 1 aliphatic heterocycles. The van der Waals surface area contributed by atoms with Gasteiger partial charge < -0.3 is 9.47 Å². The summed E-state index contributed by atoms with van der Waals surface area (Å²) in [6.45, 7) is 11.2. The topological polar surface area (TPSA) is 82.4 Å². The lowest BCUT2D eigenvalue weighted by Crippen LogP contribution is -2.54. The van der Waals surface area contributed by atoms with Crippen molar-refractivity contribution in [2.75, 3.05) is 6.61 Å². The number of ether oxygens (including phenoxy) is 2. The fraction of sp³-hybridized carbons (Fsp3) is 0.846. The molecule has 1 atom stereocenters. The lowest BCUT2D eigenvalue weighted by molar-refractivity contribution is -0.0690. The van der Waals surface area contributed by atoms with E-state index in [1.54, 1.807) is 11.9 Å². The largest absolute Gasteiger partial charge is 0.444 e. The van der Waals surface area contributed by atoms with Crippen LogP contribution in [0.5, 0.6) is 0 Å². The van der Waals surface area contributed by atoms with E-state index in [2.05, 4.69) is 15.4 Å². The summed E-state index contributed by atoms with van der Waals surface area (Å²) in [7, 11) is 1.68. The lowest BCUT2D eigenvalue weighted by atomic mass is 10.0. The van der Waals surface area contributed by atoms with E-state index in [0.717, 1.165) is 0 Å². The Balaban J connectivity index is 2.39. The predicted octanol–water partition coefficient (Wildman–Crippen LogP) is 1.43. The molecule has 2 rings (SSSR count). The lowest BCUT2D eigenvalue weighted by Gasteiger charge is -2.38. The first-order valence-electron chi connectivity index (χ1n) is 6.87. The average Bonchev–Trinajstić information content (AvgIpc) is 2.80. The minimum absolute atomic E-state index is 0.283. The highest BCUT2D eigenvalue weighted by molar-refractivity contribution is 5.70. The van der Waals surface area contributed by atoms with Gasteiger partial charge in [0.2, 0.25) is 5.82 Å². The van der Waals surface area contributed by atoms with Crippen molar-refractivity contribution in [2.45, 2.75) is 58.4 Å². The Hall–Kier alpha value is -1.70. The average molecular weight is 297 g/mol. The van der Waals surface area contributed by atoms with Gasteiger partial charge in [0, 0.05) is 0 Å². The van der Waals surface area contributed by atoms with Crippen molar-refractivity contribution in [3.63, 3.8) is 0 Å². The molecule has 0 radical (unpaired) electrons. The smallest absolute Gasteiger partial charge is 0.413 e. The maximum atomic E-state index is 12.6. The van der Waals surface area contributed by atoms with Gasteiger partial charge in [-0.2, -0.15) is 4.80 Å². The van der Waals surface area contributed by atoms with E-state index in [1.165, 1.54) is 4.80 Å². The van der Waals surface area contributed by atoms with Crippen LogP contribution in [0, 0.1) is 0 Å². The first-order valence-corrected chi connectivity index (χ1v) is 6.87. The Morgan fingerprint density at radius 1 is 1.33 bits per heavy atom. The Labute approximate surface area is 124 Å². The van der Waals surface area contributed by atoms with Gasteiger partial charge in [-0.25, -0.2) is 4.79 Å². The molecule has 0 aliphatic carbocycles. The van der Waals surface area contributed by atoms with Crippen LogP contribution in [0.1, 0.15) is 47.4 Å². The summed E-state index contributed by atoms with van der Waals surface area (Å²) in [5.41, 5.74) is -2.22. The number of carbonyl (C=O) groups is 1. The summed E-state index contributed by atoms with van der Waals surface area (Å²) >= 11 is 0. The van der Waals surface area contributed by atoms with Crippen LogP contribution in [0.3, 0.4) is 0 Å². The van der Waals surface area contributed by atoms with Gasteiger partial charge in [0.25, 0.3) is 0 Å². The van der Waals surface area contributed by atoms with Crippen LogP contribution in [0.2, 0.25) is 0 Å². The summed E-state index contributed by atoms with van der Waals surface area (Å²) in [5, 5.41) is 12.1. The van der Waals surface area contributed by atoms with E-state index in [-0.39, 0.29) is 6.61 Å². The van der Waals surface area contributed by atoms with Gasteiger partial charge in [-0.3, -0.25) is 4.90 Å². The maximum absolute atomic E-state index is 12.6. The number of aryl methyl sites for hydroxylation is 1. The number of hydrogen-bond donors (Lipinski definition) is 0. The predicted molar refractivity (Wildman–Crippen MR) is 74.3 cm³/mol. The first kappa shape index (κ1) is 15.7. The van der Waals surface area contributed by atoms with Crippen LogP contribution in [-0.4, -0.2) is 49.1 Å². The second kappa shape index (κ2) is 4.66. The minimum atomic E-state index is -0.819. The highest BCUT2D eigenvalue weighted by Crippen LogP contribution is 2.41. The molecule has 1 saturated heterocycles. The van der Waals surface area contributed by atoms with Crippen molar-refractivity contribution < 1.29 is 14.3 Å². The van der Waals surface area contributed by atoms with Crippen molar-refractivity contribution in [1.29, 1.82) is 0 Å². The molecular weight excluding hydrogens is 274 g/mol. The number of nitrogens with zero attached hydrogens (tertiary/aromatic N) is 5. The number of amides is 1. The fourth-order valence-corrected chi connectivity index (χ4v) is 2.43. The molecule has 8 nitrogen and oxygen atoms in total. The van der Waals surface area contributed by atoms with Crippen molar-refractivity contribution >= 4 is 6.09 Å². The van der Waals surface area contributed by atoms with Gasteiger partial charge in [-0.15, -0.1) is 10.2 Å². The van der Waals surface area contributed by atoms with Gasteiger partial charge in [0.05, 0.1) is 13.7 Å². The molecule has 1 aromatic heterocycles. The fourth-order valence-electron chi connectivity index (χ4n) is 2.43. The summed E-state index contributed by atoms with van der Waals surface area (Å²) in [4.78, 5) is 15.5.